The van der Waals surface area contributed by atoms with E-state index in [1.807, 2.05) is 6.07 Å². The molecule has 0 spiro atoms. The summed E-state index contributed by atoms with van der Waals surface area (Å²) in [5, 5.41) is 3.14. The highest BCUT2D eigenvalue weighted by Gasteiger charge is 2.30. The number of carbonyl (C=O) groups is 1. The molecule has 1 amide bonds. The van der Waals surface area contributed by atoms with E-state index in [1.165, 1.54) is 0 Å². The molecule has 2 heterocycles. The van der Waals surface area contributed by atoms with Crippen molar-refractivity contribution in [3.63, 3.8) is 0 Å². The molecule has 2 rings (SSSR count). The van der Waals surface area contributed by atoms with Gasteiger partial charge in [-0.1, -0.05) is 0 Å². The molecule has 4 N–H and O–H groups in total. The fourth-order valence-corrected chi connectivity index (χ4v) is 2.25. The van der Waals surface area contributed by atoms with Gasteiger partial charge in [-0.2, -0.15) is 0 Å². The van der Waals surface area contributed by atoms with E-state index in [4.69, 9.17) is 5.73 Å². The number of amides is 1. The lowest BCUT2D eigenvalue weighted by molar-refractivity contribution is -0.122. The number of H-pyrrole nitrogens is 1. The van der Waals surface area contributed by atoms with E-state index in [2.05, 4.69) is 10.3 Å². The molecule has 5 heteroatoms. The SMILES string of the molecule is NC(=O)[C@@H]1CNCC[C@H]1c1cc[nH]c(=O)c1. The normalized spacial score (nSPS) is 25.2. The number of aromatic nitrogens is 1. The van der Waals surface area contributed by atoms with E-state index in [0.717, 1.165) is 18.5 Å². The molecule has 0 radical (unpaired) electrons. The van der Waals surface area contributed by atoms with Crippen LogP contribution in [-0.2, 0) is 4.79 Å². The minimum absolute atomic E-state index is 0.0565. The van der Waals surface area contributed by atoms with Gasteiger partial charge in [0.25, 0.3) is 0 Å². The molecule has 1 fully saturated rings. The molecule has 1 aromatic heterocycles. The number of primary amides is 1. The van der Waals surface area contributed by atoms with Crippen molar-refractivity contribution in [3.8, 4) is 0 Å². The molecule has 1 aliphatic rings. The van der Waals surface area contributed by atoms with Crippen molar-refractivity contribution in [1.29, 1.82) is 0 Å². The third-order valence-corrected chi connectivity index (χ3v) is 3.07. The lowest BCUT2D eigenvalue weighted by Gasteiger charge is -2.30. The molecule has 2 atom stereocenters. The summed E-state index contributed by atoms with van der Waals surface area (Å²) in [5.41, 5.74) is 6.13. The third-order valence-electron chi connectivity index (χ3n) is 3.07. The largest absolute Gasteiger partial charge is 0.369 e. The molecular weight excluding hydrogens is 206 g/mol. The average Bonchev–Trinajstić information content (AvgIpc) is 2.29. The van der Waals surface area contributed by atoms with Crippen LogP contribution in [0.4, 0.5) is 0 Å². The first kappa shape index (κ1) is 10.9. The Kier molecular flexibility index (Phi) is 3.05. The predicted molar refractivity (Wildman–Crippen MR) is 60.0 cm³/mol. The summed E-state index contributed by atoms with van der Waals surface area (Å²) in [4.78, 5) is 25.1. The first-order chi connectivity index (χ1) is 7.68. The van der Waals surface area contributed by atoms with Gasteiger partial charge in [-0.05, 0) is 30.5 Å². The minimum atomic E-state index is -0.308. The number of piperidine rings is 1. The standard InChI is InChI=1S/C11H15N3O2/c12-11(16)9-6-13-3-2-8(9)7-1-4-14-10(15)5-7/h1,4-5,8-9,13H,2-3,6H2,(H2,12,16)(H,14,15)/t8-,9+/m0/s1. The summed E-state index contributed by atoms with van der Waals surface area (Å²) in [6.07, 6.45) is 2.44. The van der Waals surface area contributed by atoms with Crippen LogP contribution in [-0.4, -0.2) is 24.0 Å². The van der Waals surface area contributed by atoms with Gasteiger partial charge in [0.05, 0.1) is 5.92 Å². The first-order valence-electron chi connectivity index (χ1n) is 5.37. The zero-order valence-corrected chi connectivity index (χ0v) is 8.90. The Labute approximate surface area is 93.0 Å². The van der Waals surface area contributed by atoms with Gasteiger partial charge < -0.3 is 16.0 Å². The molecular formula is C11H15N3O2. The Balaban J connectivity index is 2.30. The Hall–Kier alpha value is -1.62. The van der Waals surface area contributed by atoms with Crippen LogP contribution in [0, 0.1) is 5.92 Å². The first-order valence-corrected chi connectivity index (χ1v) is 5.37. The Morgan fingerprint density at radius 3 is 3.00 bits per heavy atom. The Morgan fingerprint density at radius 2 is 2.31 bits per heavy atom. The van der Waals surface area contributed by atoms with Crippen LogP contribution in [0.15, 0.2) is 23.1 Å². The molecule has 1 aromatic rings. The fourth-order valence-electron chi connectivity index (χ4n) is 2.25. The zero-order valence-electron chi connectivity index (χ0n) is 8.90. The zero-order chi connectivity index (χ0) is 11.5. The molecule has 0 aliphatic carbocycles. The molecule has 86 valence electrons. The van der Waals surface area contributed by atoms with Gasteiger partial charge in [0.1, 0.15) is 0 Å². The highest BCUT2D eigenvalue weighted by atomic mass is 16.1. The van der Waals surface area contributed by atoms with Crippen molar-refractivity contribution >= 4 is 5.91 Å². The van der Waals surface area contributed by atoms with Crippen molar-refractivity contribution in [2.45, 2.75) is 12.3 Å². The monoisotopic (exact) mass is 221 g/mol. The Bertz CT molecular complexity index is 441. The minimum Gasteiger partial charge on any atom is -0.369 e. The second kappa shape index (κ2) is 4.49. The van der Waals surface area contributed by atoms with E-state index in [-0.39, 0.29) is 23.3 Å². The van der Waals surface area contributed by atoms with Gasteiger partial charge in [-0.3, -0.25) is 9.59 Å². The number of hydrogen-bond donors (Lipinski definition) is 3. The summed E-state index contributed by atoms with van der Waals surface area (Å²) in [6, 6.07) is 3.39. The van der Waals surface area contributed by atoms with Crippen LogP contribution in [0.25, 0.3) is 0 Å². The topological polar surface area (TPSA) is 88.0 Å². The average molecular weight is 221 g/mol. The van der Waals surface area contributed by atoms with E-state index >= 15 is 0 Å². The highest BCUT2D eigenvalue weighted by Crippen LogP contribution is 2.28. The lowest BCUT2D eigenvalue weighted by Crippen LogP contribution is -2.42. The van der Waals surface area contributed by atoms with Crippen LogP contribution in [0.1, 0.15) is 17.9 Å². The molecule has 0 bridgehead atoms. The predicted octanol–water partition coefficient (Wildman–Crippen LogP) is -0.447. The van der Waals surface area contributed by atoms with Crippen molar-refractivity contribution in [3.05, 3.63) is 34.2 Å². The summed E-state index contributed by atoms with van der Waals surface area (Å²) < 4.78 is 0. The van der Waals surface area contributed by atoms with Crippen LogP contribution >= 0.6 is 0 Å². The Morgan fingerprint density at radius 1 is 1.50 bits per heavy atom. The van der Waals surface area contributed by atoms with E-state index in [1.54, 1.807) is 12.3 Å². The second-order valence-electron chi connectivity index (χ2n) is 4.09. The number of nitrogens with two attached hydrogens (primary N) is 1. The number of rotatable bonds is 2. The van der Waals surface area contributed by atoms with Crippen molar-refractivity contribution in [2.24, 2.45) is 11.7 Å². The quantitative estimate of drug-likeness (QED) is 0.632. The molecule has 1 aliphatic heterocycles. The maximum absolute atomic E-state index is 11.3. The van der Waals surface area contributed by atoms with E-state index in [9.17, 15) is 9.59 Å². The fraction of sp³-hybridized carbons (Fsp3) is 0.455. The van der Waals surface area contributed by atoms with Crippen molar-refractivity contribution in [1.82, 2.24) is 10.3 Å². The summed E-state index contributed by atoms with van der Waals surface area (Å²) in [5.74, 6) is -0.478. The summed E-state index contributed by atoms with van der Waals surface area (Å²) in [6.45, 7) is 1.44. The highest BCUT2D eigenvalue weighted by molar-refractivity contribution is 5.78. The smallest absolute Gasteiger partial charge is 0.248 e. The number of nitrogens with one attached hydrogen (secondary N) is 2. The van der Waals surface area contributed by atoms with E-state index in [0.29, 0.717) is 6.54 Å². The van der Waals surface area contributed by atoms with Gasteiger partial charge in [-0.25, -0.2) is 0 Å². The molecule has 5 nitrogen and oxygen atoms in total. The number of carbonyl (C=O) groups excluding carboxylic acids is 1. The number of aromatic amines is 1. The lowest BCUT2D eigenvalue weighted by atomic mass is 9.81. The maximum atomic E-state index is 11.3. The van der Waals surface area contributed by atoms with Gasteiger partial charge in [0, 0.05) is 18.8 Å². The van der Waals surface area contributed by atoms with Gasteiger partial charge >= 0.3 is 0 Å². The summed E-state index contributed by atoms with van der Waals surface area (Å²) in [7, 11) is 0. The van der Waals surface area contributed by atoms with E-state index < -0.39 is 0 Å². The third kappa shape index (κ3) is 2.14. The van der Waals surface area contributed by atoms with Crippen LogP contribution in [0.2, 0.25) is 0 Å². The molecule has 0 saturated carbocycles. The molecule has 16 heavy (non-hydrogen) atoms. The maximum Gasteiger partial charge on any atom is 0.248 e. The summed E-state index contributed by atoms with van der Waals surface area (Å²) >= 11 is 0. The number of hydrogen-bond acceptors (Lipinski definition) is 3. The van der Waals surface area contributed by atoms with Crippen LogP contribution < -0.4 is 16.6 Å². The van der Waals surface area contributed by atoms with Crippen LogP contribution in [0.5, 0.6) is 0 Å². The van der Waals surface area contributed by atoms with Gasteiger partial charge in [-0.15, -0.1) is 0 Å². The molecule has 1 saturated heterocycles. The number of pyridine rings is 1. The molecule has 0 unspecified atom stereocenters. The van der Waals surface area contributed by atoms with Crippen molar-refractivity contribution < 1.29 is 4.79 Å². The molecule has 0 aromatic carbocycles. The van der Waals surface area contributed by atoms with Crippen LogP contribution in [0.3, 0.4) is 0 Å². The van der Waals surface area contributed by atoms with Crippen molar-refractivity contribution in [2.75, 3.05) is 13.1 Å². The van der Waals surface area contributed by atoms with Gasteiger partial charge in [0.15, 0.2) is 0 Å². The second-order valence-corrected chi connectivity index (χ2v) is 4.09. The van der Waals surface area contributed by atoms with Gasteiger partial charge in [0.2, 0.25) is 11.5 Å².